The smallest absolute Gasteiger partial charge is 0.433 e. The summed E-state index contributed by atoms with van der Waals surface area (Å²) in [6.45, 7) is 0. The number of hydrogen-bond donors (Lipinski definition) is 1. The molecule has 0 fully saturated rings. The second-order valence-corrected chi connectivity index (χ2v) is 6.30. The average Bonchev–Trinajstić information content (AvgIpc) is 3.16. The predicted octanol–water partition coefficient (Wildman–Crippen LogP) is 4.82. The number of alkyl halides is 3. The Morgan fingerprint density at radius 1 is 0.966 bits per heavy atom. The van der Waals surface area contributed by atoms with E-state index in [0.717, 1.165) is 11.6 Å². The lowest BCUT2D eigenvalue weighted by Crippen LogP contribution is -2.18. The zero-order valence-corrected chi connectivity index (χ0v) is 15.5. The quantitative estimate of drug-likeness (QED) is 0.533. The minimum atomic E-state index is -4.62. The largest absolute Gasteiger partial charge is 0.497 e. The van der Waals surface area contributed by atoms with E-state index in [4.69, 9.17) is 4.74 Å². The fourth-order valence-corrected chi connectivity index (χ4v) is 2.83. The number of nitrogens with one attached hydrogen (secondary N) is 1. The highest BCUT2D eigenvalue weighted by molar-refractivity contribution is 5.78. The molecular weight excluding hydrogens is 383 g/mol. The van der Waals surface area contributed by atoms with Gasteiger partial charge in [-0.2, -0.15) is 13.2 Å². The highest BCUT2D eigenvalue weighted by atomic mass is 19.4. The lowest BCUT2D eigenvalue weighted by molar-refractivity contribution is -0.141. The van der Waals surface area contributed by atoms with Crippen LogP contribution in [0, 0.1) is 0 Å². The number of aromatic amines is 1. The standard InChI is InChI=1S/C20H16F3N5O/c1-28(18-24-14-5-3-4-6-15(14)25-18)19-26-16(11-17(27-19)20(21,22)23)12-7-9-13(29-2)10-8-12/h3-11H,1-2H3,(H,24,25). The van der Waals surface area contributed by atoms with E-state index in [2.05, 4.69) is 19.9 Å². The molecule has 0 radical (unpaired) electrons. The van der Waals surface area contributed by atoms with Crippen LogP contribution in [0.15, 0.2) is 54.6 Å². The Hall–Kier alpha value is -3.62. The van der Waals surface area contributed by atoms with Crippen LogP contribution in [0.25, 0.3) is 22.3 Å². The number of halogens is 3. The predicted molar refractivity (Wildman–Crippen MR) is 103 cm³/mol. The van der Waals surface area contributed by atoms with E-state index < -0.39 is 11.9 Å². The Morgan fingerprint density at radius 3 is 2.34 bits per heavy atom. The molecule has 0 spiro atoms. The summed E-state index contributed by atoms with van der Waals surface area (Å²) in [5, 5.41) is 0. The first-order valence-corrected chi connectivity index (χ1v) is 8.64. The fourth-order valence-electron chi connectivity index (χ4n) is 2.83. The SMILES string of the molecule is COc1ccc(-c2cc(C(F)(F)F)nc(N(C)c3nc4ccccc4[nH]3)n2)cc1. The number of hydrogen-bond acceptors (Lipinski definition) is 5. The van der Waals surface area contributed by atoms with Crippen molar-refractivity contribution in [2.24, 2.45) is 0 Å². The Kier molecular flexibility index (Phi) is 4.57. The van der Waals surface area contributed by atoms with Crippen LogP contribution >= 0.6 is 0 Å². The van der Waals surface area contributed by atoms with E-state index in [9.17, 15) is 13.2 Å². The van der Waals surface area contributed by atoms with Gasteiger partial charge in [-0.05, 0) is 42.5 Å². The molecule has 29 heavy (non-hydrogen) atoms. The molecule has 2 heterocycles. The molecular formula is C20H16F3N5O. The average molecular weight is 399 g/mol. The molecule has 0 atom stereocenters. The molecule has 1 N–H and O–H groups in total. The molecule has 9 heteroatoms. The van der Waals surface area contributed by atoms with Gasteiger partial charge in [0.1, 0.15) is 5.75 Å². The molecule has 4 rings (SSSR count). The molecule has 0 amide bonds. The summed E-state index contributed by atoms with van der Waals surface area (Å²) in [6.07, 6.45) is -4.62. The van der Waals surface area contributed by atoms with Crippen LogP contribution < -0.4 is 9.64 Å². The fraction of sp³-hybridized carbons (Fsp3) is 0.150. The second-order valence-electron chi connectivity index (χ2n) is 6.30. The van der Waals surface area contributed by atoms with Gasteiger partial charge in [0.15, 0.2) is 5.69 Å². The number of nitrogens with zero attached hydrogens (tertiary/aromatic N) is 4. The summed E-state index contributed by atoms with van der Waals surface area (Å²) >= 11 is 0. The van der Waals surface area contributed by atoms with Crippen molar-refractivity contribution in [3.05, 3.63) is 60.3 Å². The topological polar surface area (TPSA) is 66.9 Å². The molecule has 6 nitrogen and oxygen atoms in total. The number of ether oxygens (including phenoxy) is 1. The molecule has 0 aliphatic carbocycles. The van der Waals surface area contributed by atoms with E-state index >= 15 is 0 Å². The van der Waals surface area contributed by atoms with Crippen LogP contribution in [0.5, 0.6) is 5.75 Å². The van der Waals surface area contributed by atoms with Crippen molar-refractivity contribution in [1.82, 2.24) is 19.9 Å². The summed E-state index contributed by atoms with van der Waals surface area (Å²) in [6, 6.07) is 14.8. The van der Waals surface area contributed by atoms with Crippen molar-refractivity contribution in [1.29, 1.82) is 0 Å². The zero-order chi connectivity index (χ0) is 20.6. The molecule has 0 aliphatic heterocycles. The monoisotopic (exact) mass is 399 g/mol. The third kappa shape index (κ3) is 3.71. The number of fused-ring (bicyclic) bond motifs is 1. The first-order chi connectivity index (χ1) is 13.8. The normalized spacial score (nSPS) is 11.6. The number of aromatic nitrogens is 4. The van der Waals surface area contributed by atoms with Crippen LogP contribution in [0.3, 0.4) is 0 Å². The highest BCUT2D eigenvalue weighted by Gasteiger charge is 2.34. The van der Waals surface area contributed by atoms with Crippen LogP contribution in [-0.2, 0) is 6.18 Å². The third-order valence-corrected chi connectivity index (χ3v) is 4.39. The minimum Gasteiger partial charge on any atom is -0.497 e. The Balaban J connectivity index is 1.80. The van der Waals surface area contributed by atoms with Crippen molar-refractivity contribution in [3.63, 3.8) is 0 Å². The first-order valence-electron chi connectivity index (χ1n) is 8.64. The summed E-state index contributed by atoms with van der Waals surface area (Å²) < 4.78 is 45.5. The van der Waals surface area contributed by atoms with Crippen molar-refractivity contribution in [2.75, 3.05) is 19.1 Å². The molecule has 148 valence electrons. The van der Waals surface area contributed by atoms with Crippen molar-refractivity contribution in [3.8, 4) is 17.0 Å². The Morgan fingerprint density at radius 2 is 1.69 bits per heavy atom. The van der Waals surface area contributed by atoms with E-state index in [-0.39, 0.29) is 11.6 Å². The van der Waals surface area contributed by atoms with Crippen molar-refractivity contribution < 1.29 is 17.9 Å². The lowest BCUT2D eigenvalue weighted by Gasteiger charge is -2.17. The molecule has 0 saturated heterocycles. The van der Waals surface area contributed by atoms with E-state index in [1.165, 1.54) is 12.0 Å². The van der Waals surface area contributed by atoms with Crippen molar-refractivity contribution in [2.45, 2.75) is 6.18 Å². The Bertz CT molecular complexity index is 1120. The van der Waals surface area contributed by atoms with Gasteiger partial charge in [0, 0.05) is 12.6 Å². The number of imidazole rings is 1. The maximum Gasteiger partial charge on any atom is 0.433 e. The molecule has 0 aliphatic rings. The molecule has 0 saturated carbocycles. The summed E-state index contributed by atoms with van der Waals surface area (Å²) in [5.41, 5.74) is 1.08. The number of methoxy groups -OCH3 is 1. The summed E-state index contributed by atoms with van der Waals surface area (Å²) in [7, 11) is 3.08. The van der Waals surface area contributed by atoms with Gasteiger partial charge >= 0.3 is 6.18 Å². The molecule has 2 aromatic carbocycles. The van der Waals surface area contributed by atoms with Gasteiger partial charge < -0.3 is 9.72 Å². The van der Waals surface area contributed by atoms with E-state index in [1.54, 1.807) is 37.4 Å². The van der Waals surface area contributed by atoms with Crippen LogP contribution in [0.1, 0.15) is 5.69 Å². The lowest BCUT2D eigenvalue weighted by atomic mass is 10.1. The van der Waals surface area contributed by atoms with Gasteiger partial charge in [0.2, 0.25) is 11.9 Å². The Labute approximate surface area is 164 Å². The van der Waals surface area contributed by atoms with Gasteiger partial charge in [-0.1, -0.05) is 12.1 Å². The van der Waals surface area contributed by atoms with E-state index in [0.29, 0.717) is 22.8 Å². The number of para-hydroxylation sites is 2. The van der Waals surface area contributed by atoms with Gasteiger partial charge in [0.05, 0.1) is 23.8 Å². The van der Waals surface area contributed by atoms with Gasteiger partial charge in [-0.15, -0.1) is 0 Å². The van der Waals surface area contributed by atoms with Gasteiger partial charge in [0.25, 0.3) is 0 Å². The summed E-state index contributed by atoms with van der Waals surface area (Å²) in [5.74, 6) is 0.814. The van der Waals surface area contributed by atoms with Crippen LogP contribution in [-0.4, -0.2) is 34.1 Å². The maximum absolute atomic E-state index is 13.5. The second kappa shape index (κ2) is 7.08. The van der Waals surface area contributed by atoms with E-state index in [1.807, 2.05) is 18.2 Å². The van der Waals surface area contributed by atoms with Crippen LogP contribution in [0.4, 0.5) is 25.1 Å². The summed E-state index contributed by atoms with van der Waals surface area (Å²) in [4.78, 5) is 16.9. The number of anilines is 2. The number of H-pyrrole nitrogens is 1. The third-order valence-electron chi connectivity index (χ3n) is 4.39. The molecule has 0 unspecified atom stereocenters. The first kappa shape index (κ1) is 18.7. The highest BCUT2D eigenvalue weighted by Crippen LogP contribution is 2.33. The minimum absolute atomic E-state index is 0.121. The van der Waals surface area contributed by atoms with Gasteiger partial charge in [-0.3, -0.25) is 4.90 Å². The van der Waals surface area contributed by atoms with Gasteiger partial charge in [-0.25, -0.2) is 15.0 Å². The number of benzene rings is 2. The zero-order valence-electron chi connectivity index (χ0n) is 15.5. The van der Waals surface area contributed by atoms with Crippen LogP contribution in [0.2, 0.25) is 0 Å². The van der Waals surface area contributed by atoms with Crippen molar-refractivity contribution >= 4 is 22.9 Å². The maximum atomic E-state index is 13.5. The molecule has 0 bridgehead atoms. The molecule has 4 aromatic rings. The molecule has 2 aromatic heterocycles. The number of rotatable bonds is 4.